The molecule has 0 saturated heterocycles. The van der Waals surface area contributed by atoms with Gasteiger partial charge in [-0.25, -0.2) is 0 Å². The van der Waals surface area contributed by atoms with E-state index in [9.17, 15) is 0 Å². The zero-order valence-corrected chi connectivity index (χ0v) is 9.34. The first kappa shape index (κ1) is 14.9. The van der Waals surface area contributed by atoms with Crippen LogP contribution in [0.1, 0.15) is 18.5 Å². The summed E-state index contributed by atoms with van der Waals surface area (Å²) in [7, 11) is 4.19. The van der Waals surface area contributed by atoms with Crippen molar-refractivity contribution in [3.05, 3.63) is 35.9 Å². The van der Waals surface area contributed by atoms with Crippen LogP contribution in [0.4, 0.5) is 0 Å². The minimum absolute atomic E-state index is 0. The van der Waals surface area contributed by atoms with Crippen LogP contribution in [0.2, 0.25) is 0 Å². The third-order valence-corrected chi connectivity index (χ3v) is 2.06. The summed E-state index contributed by atoms with van der Waals surface area (Å²) in [4.78, 5) is 2.20. The van der Waals surface area contributed by atoms with Crippen molar-refractivity contribution in [1.82, 2.24) is 11.1 Å². The highest BCUT2D eigenvalue weighted by atomic mass is 35.5. The topological polar surface area (TPSA) is 38.2 Å². The second-order valence-electron chi connectivity index (χ2n) is 3.05. The van der Waals surface area contributed by atoms with Gasteiger partial charge in [-0.3, -0.25) is 0 Å². The van der Waals surface area contributed by atoms with Gasteiger partial charge in [0.15, 0.2) is 0 Å². The molecular formula is C10H19ClN2. The quantitative estimate of drug-likeness (QED) is 0.801. The first-order chi connectivity index (χ1) is 5.22. The standard InChI is InChI=1S/C10H15N.ClH.H3N/c1-9(11(2)3)10-7-5-4-6-8-10;;/h4-9H,1-3H3;1H;1H3. The summed E-state index contributed by atoms with van der Waals surface area (Å²) >= 11 is 0. The fraction of sp³-hybridized carbons (Fsp3) is 0.400. The van der Waals surface area contributed by atoms with E-state index in [1.54, 1.807) is 0 Å². The molecule has 0 heterocycles. The first-order valence-corrected chi connectivity index (χ1v) is 3.93. The van der Waals surface area contributed by atoms with Gasteiger partial charge in [-0.15, -0.1) is 12.4 Å². The van der Waals surface area contributed by atoms with Crippen LogP contribution in [0, 0.1) is 0 Å². The Hall–Kier alpha value is -0.570. The molecule has 1 aromatic rings. The smallest absolute Gasteiger partial charge is 0.0313 e. The molecule has 0 aliphatic carbocycles. The van der Waals surface area contributed by atoms with Crippen LogP contribution in [0.25, 0.3) is 0 Å². The van der Waals surface area contributed by atoms with Crippen LogP contribution < -0.4 is 6.15 Å². The Morgan fingerprint density at radius 1 is 1.08 bits per heavy atom. The molecule has 1 unspecified atom stereocenters. The monoisotopic (exact) mass is 202 g/mol. The molecule has 1 rings (SSSR count). The molecule has 76 valence electrons. The molecule has 0 radical (unpaired) electrons. The summed E-state index contributed by atoms with van der Waals surface area (Å²) in [5, 5.41) is 0. The molecule has 0 aromatic heterocycles. The largest absolute Gasteiger partial charge is 0.344 e. The molecule has 0 spiro atoms. The Morgan fingerprint density at radius 3 is 1.92 bits per heavy atom. The molecule has 0 saturated carbocycles. The molecule has 0 bridgehead atoms. The van der Waals surface area contributed by atoms with Crippen molar-refractivity contribution < 1.29 is 0 Å². The van der Waals surface area contributed by atoms with E-state index >= 15 is 0 Å². The van der Waals surface area contributed by atoms with Gasteiger partial charge in [-0.05, 0) is 26.6 Å². The van der Waals surface area contributed by atoms with Crippen LogP contribution >= 0.6 is 12.4 Å². The second-order valence-corrected chi connectivity index (χ2v) is 3.05. The lowest BCUT2D eigenvalue weighted by Crippen LogP contribution is -2.16. The molecule has 0 amide bonds. The summed E-state index contributed by atoms with van der Waals surface area (Å²) in [5.41, 5.74) is 1.37. The van der Waals surface area contributed by atoms with Crippen molar-refractivity contribution in [2.75, 3.05) is 14.1 Å². The maximum absolute atomic E-state index is 2.20. The number of halogens is 1. The molecular weight excluding hydrogens is 184 g/mol. The number of rotatable bonds is 2. The van der Waals surface area contributed by atoms with Gasteiger partial charge in [0.2, 0.25) is 0 Å². The molecule has 0 fully saturated rings. The van der Waals surface area contributed by atoms with Crippen LogP contribution in [0.3, 0.4) is 0 Å². The Morgan fingerprint density at radius 2 is 1.54 bits per heavy atom. The summed E-state index contributed by atoms with van der Waals surface area (Å²) in [6, 6.07) is 11.0. The van der Waals surface area contributed by atoms with E-state index in [-0.39, 0.29) is 18.6 Å². The van der Waals surface area contributed by atoms with Crippen LogP contribution in [-0.4, -0.2) is 19.0 Å². The van der Waals surface area contributed by atoms with E-state index in [0.29, 0.717) is 6.04 Å². The Kier molecular flexibility index (Phi) is 7.92. The van der Waals surface area contributed by atoms with Crippen molar-refractivity contribution >= 4 is 12.4 Å². The molecule has 0 aliphatic heterocycles. The average molecular weight is 203 g/mol. The predicted molar refractivity (Wildman–Crippen MR) is 60.8 cm³/mol. The molecule has 3 N–H and O–H groups in total. The zero-order valence-electron chi connectivity index (χ0n) is 8.53. The van der Waals surface area contributed by atoms with Crippen LogP contribution in [0.5, 0.6) is 0 Å². The minimum atomic E-state index is 0. The molecule has 3 heteroatoms. The number of hydrogen-bond acceptors (Lipinski definition) is 2. The SMILES string of the molecule is CC(c1ccccc1)N(C)C.Cl.N. The highest BCUT2D eigenvalue weighted by Gasteiger charge is 2.04. The Labute approximate surface area is 86.9 Å². The third-order valence-electron chi connectivity index (χ3n) is 2.06. The maximum atomic E-state index is 2.20. The number of nitrogens with zero attached hydrogens (tertiary/aromatic N) is 1. The fourth-order valence-electron chi connectivity index (χ4n) is 1.03. The van der Waals surface area contributed by atoms with Crippen LogP contribution in [0.15, 0.2) is 30.3 Å². The van der Waals surface area contributed by atoms with Crippen LogP contribution in [-0.2, 0) is 0 Å². The number of benzene rings is 1. The highest BCUT2D eigenvalue weighted by molar-refractivity contribution is 5.85. The summed E-state index contributed by atoms with van der Waals surface area (Å²) < 4.78 is 0. The van der Waals surface area contributed by atoms with E-state index in [0.717, 1.165) is 0 Å². The van der Waals surface area contributed by atoms with Gasteiger partial charge in [0, 0.05) is 6.04 Å². The lowest BCUT2D eigenvalue weighted by molar-refractivity contribution is 0.321. The van der Waals surface area contributed by atoms with E-state index in [1.165, 1.54) is 5.56 Å². The average Bonchev–Trinajstić information content (AvgIpc) is 2.05. The van der Waals surface area contributed by atoms with Gasteiger partial charge < -0.3 is 11.1 Å². The Bertz CT molecular complexity index is 211. The molecule has 13 heavy (non-hydrogen) atoms. The van der Waals surface area contributed by atoms with Gasteiger partial charge in [0.25, 0.3) is 0 Å². The van der Waals surface area contributed by atoms with Crippen molar-refractivity contribution in [3.63, 3.8) is 0 Å². The lowest BCUT2D eigenvalue weighted by Gasteiger charge is -2.19. The molecule has 1 atom stereocenters. The van der Waals surface area contributed by atoms with Crippen molar-refractivity contribution in [3.8, 4) is 0 Å². The third kappa shape index (κ3) is 4.27. The molecule has 2 nitrogen and oxygen atoms in total. The Balaban J connectivity index is 0. The summed E-state index contributed by atoms with van der Waals surface area (Å²) in [5.74, 6) is 0. The second kappa shape index (κ2) is 6.89. The molecule has 1 aromatic carbocycles. The van der Waals surface area contributed by atoms with E-state index in [2.05, 4.69) is 50.2 Å². The van der Waals surface area contributed by atoms with Gasteiger partial charge in [-0.2, -0.15) is 0 Å². The lowest BCUT2D eigenvalue weighted by atomic mass is 10.1. The summed E-state index contributed by atoms with van der Waals surface area (Å²) in [6.07, 6.45) is 0. The van der Waals surface area contributed by atoms with Gasteiger partial charge in [0.1, 0.15) is 0 Å². The summed E-state index contributed by atoms with van der Waals surface area (Å²) in [6.45, 7) is 2.20. The van der Waals surface area contributed by atoms with Crippen molar-refractivity contribution in [2.24, 2.45) is 0 Å². The van der Waals surface area contributed by atoms with E-state index in [4.69, 9.17) is 0 Å². The number of hydrogen-bond donors (Lipinski definition) is 1. The van der Waals surface area contributed by atoms with Gasteiger partial charge in [0.05, 0.1) is 0 Å². The van der Waals surface area contributed by atoms with Crippen molar-refractivity contribution in [2.45, 2.75) is 13.0 Å². The minimum Gasteiger partial charge on any atom is -0.344 e. The highest BCUT2D eigenvalue weighted by Crippen LogP contribution is 2.15. The normalized spacial score (nSPS) is 11.4. The first-order valence-electron chi connectivity index (χ1n) is 3.93. The molecule has 0 aliphatic rings. The maximum Gasteiger partial charge on any atom is 0.0313 e. The van der Waals surface area contributed by atoms with Crippen molar-refractivity contribution in [1.29, 1.82) is 0 Å². The zero-order chi connectivity index (χ0) is 8.27. The predicted octanol–water partition coefficient (Wildman–Crippen LogP) is 2.89. The van der Waals surface area contributed by atoms with E-state index < -0.39 is 0 Å². The fourth-order valence-corrected chi connectivity index (χ4v) is 1.03. The van der Waals surface area contributed by atoms with Gasteiger partial charge >= 0.3 is 0 Å². The van der Waals surface area contributed by atoms with E-state index in [1.807, 2.05) is 6.07 Å². The van der Waals surface area contributed by atoms with Gasteiger partial charge in [-0.1, -0.05) is 30.3 Å².